The molecule has 6 heteroatoms. The number of aromatic nitrogens is 2. The van der Waals surface area contributed by atoms with Crippen LogP contribution in [-0.2, 0) is 17.9 Å². The molecule has 3 heterocycles. The molecule has 2 aromatic rings. The minimum Gasteiger partial charge on any atom is -0.340 e. The van der Waals surface area contributed by atoms with Crippen molar-refractivity contribution in [2.24, 2.45) is 0 Å². The van der Waals surface area contributed by atoms with E-state index in [0.717, 1.165) is 25.9 Å². The summed E-state index contributed by atoms with van der Waals surface area (Å²) in [6, 6.07) is 4.43. The highest BCUT2D eigenvalue weighted by molar-refractivity contribution is 7.07. The van der Waals surface area contributed by atoms with Crippen molar-refractivity contribution in [1.82, 2.24) is 19.6 Å². The zero-order valence-electron chi connectivity index (χ0n) is 12.9. The maximum atomic E-state index is 12.4. The molecule has 2 aromatic heterocycles. The lowest BCUT2D eigenvalue weighted by Crippen LogP contribution is -2.41. The molecule has 22 heavy (non-hydrogen) atoms. The van der Waals surface area contributed by atoms with Crippen molar-refractivity contribution in [2.45, 2.75) is 32.0 Å². The Morgan fingerprint density at radius 3 is 3.18 bits per heavy atom. The predicted octanol–water partition coefficient (Wildman–Crippen LogP) is 2.07. The van der Waals surface area contributed by atoms with E-state index in [1.54, 1.807) is 17.5 Å². The fourth-order valence-corrected chi connectivity index (χ4v) is 3.63. The molecule has 0 bridgehead atoms. The largest absolute Gasteiger partial charge is 0.340 e. The van der Waals surface area contributed by atoms with E-state index in [1.807, 2.05) is 34.3 Å². The zero-order valence-corrected chi connectivity index (χ0v) is 13.7. The van der Waals surface area contributed by atoms with Gasteiger partial charge in [0.2, 0.25) is 5.91 Å². The normalized spacial score (nSPS) is 18.7. The topological polar surface area (TPSA) is 41.4 Å². The van der Waals surface area contributed by atoms with Gasteiger partial charge >= 0.3 is 0 Å². The first kappa shape index (κ1) is 15.2. The summed E-state index contributed by atoms with van der Waals surface area (Å²) in [5.74, 6) is 0.193. The van der Waals surface area contributed by atoms with E-state index < -0.39 is 0 Å². The highest BCUT2D eigenvalue weighted by Crippen LogP contribution is 2.19. The van der Waals surface area contributed by atoms with Gasteiger partial charge in [-0.25, -0.2) is 0 Å². The zero-order chi connectivity index (χ0) is 15.4. The minimum atomic E-state index is 0.193. The molecule has 118 valence electrons. The van der Waals surface area contributed by atoms with Crippen LogP contribution in [0.15, 0.2) is 35.3 Å². The molecule has 5 nitrogen and oxygen atoms in total. The number of likely N-dealkylation sites (tertiary alicyclic amines) is 1. The number of carbonyl (C=O) groups is 1. The Balaban J connectivity index is 1.53. The molecule has 0 aliphatic carbocycles. The van der Waals surface area contributed by atoms with Crippen LogP contribution in [-0.4, -0.2) is 51.7 Å². The first-order chi connectivity index (χ1) is 10.7. The Morgan fingerprint density at radius 2 is 2.45 bits per heavy atom. The summed E-state index contributed by atoms with van der Waals surface area (Å²) in [7, 11) is 1.89. The van der Waals surface area contributed by atoms with E-state index >= 15 is 0 Å². The number of carbonyl (C=O) groups excluding carboxylic acids is 1. The Kier molecular flexibility index (Phi) is 4.90. The molecule has 1 atom stereocenters. The Hall–Kier alpha value is -1.66. The Morgan fingerprint density at radius 1 is 1.55 bits per heavy atom. The molecule has 0 spiro atoms. The lowest BCUT2D eigenvalue weighted by molar-refractivity contribution is -0.131. The number of amides is 1. The smallest absolute Gasteiger partial charge is 0.236 e. The molecule has 3 rings (SSSR count). The maximum absolute atomic E-state index is 12.4. The first-order valence-electron chi connectivity index (χ1n) is 7.69. The third-order valence-corrected chi connectivity index (χ3v) is 4.95. The molecule has 1 saturated heterocycles. The standard InChI is InChI=1S/C16H22N4OS/c1-18(10-14-5-9-22-13-14)16(21)12-19-7-2-4-15(19)11-20-8-3-6-17-20/h3,5-6,8-9,13,15H,2,4,7,10-12H2,1H3/t15-/m0/s1. The van der Waals surface area contributed by atoms with E-state index in [1.165, 1.54) is 5.56 Å². The average Bonchev–Trinajstić information content (AvgIpc) is 3.23. The van der Waals surface area contributed by atoms with E-state index in [4.69, 9.17) is 0 Å². The second-order valence-electron chi connectivity index (χ2n) is 5.88. The molecule has 0 radical (unpaired) electrons. The van der Waals surface area contributed by atoms with Crippen LogP contribution >= 0.6 is 11.3 Å². The van der Waals surface area contributed by atoms with Crippen LogP contribution in [0.4, 0.5) is 0 Å². The molecular weight excluding hydrogens is 296 g/mol. The highest BCUT2D eigenvalue weighted by Gasteiger charge is 2.27. The lowest BCUT2D eigenvalue weighted by Gasteiger charge is -2.26. The summed E-state index contributed by atoms with van der Waals surface area (Å²) in [5, 5.41) is 8.42. The Labute approximate surface area is 135 Å². The van der Waals surface area contributed by atoms with Crippen LogP contribution in [0.5, 0.6) is 0 Å². The third kappa shape index (κ3) is 3.75. The lowest BCUT2D eigenvalue weighted by atomic mass is 10.2. The summed E-state index contributed by atoms with van der Waals surface area (Å²) in [6.45, 7) is 3.07. The van der Waals surface area contributed by atoms with Gasteiger partial charge in [-0.3, -0.25) is 14.4 Å². The van der Waals surface area contributed by atoms with Gasteiger partial charge < -0.3 is 4.90 Å². The number of hydrogen-bond acceptors (Lipinski definition) is 4. The van der Waals surface area contributed by atoms with Crippen molar-refractivity contribution in [3.63, 3.8) is 0 Å². The summed E-state index contributed by atoms with van der Waals surface area (Å²) < 4.78 is 1.96. The molecule has 1 amide bonds. The second kappa shape index (κ2) is 7.07. The van der Waals surface area contributed by atoms with E-state index in [2.05, 4.69) is 21.4 Å². The van der Waals surface area contributed by atoms with Gasteiger partial charge in [0.25, 0.3) is 0 Å². The van der Waals surface area contributed by atoms with Crippen LogP contribution in [0, 0.1) is 0 Å². The van der Waals surface area contributed by atoms with Crippen molar-refractivity contribution in [3.8, 4) is 0 Å². The minimum absolute atomic E-state index is 0.193. The second-order valence-corrected chi connectivity index (χ2v) is 6.66. The van der Waals surface area contributed by atoms with Crippen LogP contribution < -0.4 is 0 Å². The molecule has 0 N–H and O–H groups in total. The monoisotopic (exact) mass is 318 g/mol. The fraction of sp³-hybridized carbons (Fsp3) is 0.500. The van der Waals surface area contributed by atoms with Crippen molar-refractivity contribution in [1.29, 1.82) is 0 Å². The van der Waals surface area contributed by atoms with Crippen LogP contribution in [0.1, 0.15) is 18.4 Å². The Bertz CT molecular complexity index is 581. The van der Waals surface area contributed by atoms with Gasteiger partial charge in [0.1, 0.15) is 0 Å². The summed E-state index contributed by atoms with van der Waals surface area (Å²) >= 11 is 1.67. The number of rotatable bonds is 6. The predicted molar refractivity (Wildman–Crippen MR) is 87.6 cm³/mol. The highest BCUT2D eigenvalue weighted by atomic mass is 32.1. The van der Waals surface area contributed by atoms with Crippen LogP contribution in [0.25, 0.3) is 0 Å². The van der Waals surface area contributed by atoms with Crippen molar-refractivity contribution in [2.75, 3.05) is 20.1 Å². The molecule has 0 saturated carbocycles. The molecule has 0 unspecified atom stereocenters. The third-order valence-electron chi connectivity index (χ3n) is 4.22. The summed E-state index contributed by atoms with van der Waals surface area (Å²) in [6.07, 6.45) is 6.09. The van der Waals surface area contributed by atoms with Gasteiger partial charge in [0, 0.05) is 32.0 Å². The SMILES string of the molecule is CN(Cc1ccsc1)C(=O)CN1CCC[C@H]1Cn1cccn1. The van der Waals surface area contributed by atoms with Crippen molar-refractivity contribution < 1.29 is 4.79 Å². The van der Waals surface area contributed by atoms with E-state index in [9.17, 15) is 4.79 Å². The average molecular weight is 318 g/mol. The number of thiophene rings is 1. The van der Waals surface area contributed by atoms with Crippen molar-refractivity contribution >= 4 is 17.2 Å². The number of hydrogen-bond donors (Lipinski definition) is 0. The molecule has 1 aliphatic heterocycles. The summed E-state index contributed by atoms with van der Waals surface area (Å²) in [5.41, 5.74) is 1.20. The quantitative estimate of drug-likeness (QED) is 0.819. The number of likely N-dealkylation sites (N-methyl/N-ethyl adjacent to an activating group) is 1. The molecule has 1 aliphatic rings. The van der Waals surface area contributed by atoms with Gasteiger partial charge in [-0.05, 0) is 47.8 Å². The maximum Gasteiger partial charge on any atom is 0.236 e. The van der Waals surface area contributed by atoms with Gasteiger partial charge in [0.05, 0.1) is 13.1 Å². The summed E-state index contributed by atoms with van der Waals surface area (Å²) in [4.78, 5) is 16.6. The van der Waals surface area contributed by atoms with Gasteiger partial charge in [-0.1, -0.05) is 0 Å². The van der Waals surface area contributed by atoms with Gasteiger partial charge in [-0.15, -0.1) is 0 Å². The van der Waals surface area contributed by atoms with E-state index in [-0.39, 0.29) is 5.91 Å². The first-order valence-corrected chi connectivity index (χ1v) is 8.63. The van der Waals surface area contributed by atoms with Gasteiger partial charge in [-0.2, -0.15) is 16.4 Å². The molecule has 1 fully saturated rings. The van der Waals surface area contributed by atoms with Crippen LogP contribution in [0.3, 0.4) is 0 Å². The molecular formula is C16H22N4OS. The van der Waals surface area contributed by atoms with Gasteiger partial charge in [0.15, 0.2) is 0 Å². The van der Waals surface area contributed by atoms with Crippen LogP contribution in [0.2, 0.25) is 0 Å². The fourth-order valence-electron chi connectivity index (χ4n) is 2.97. The van der Waals surface area contributed by atoms with Crippen molar-refractivity contribution in [3.05, 3.63) is 40.8 Å². The number of nitrogens with zero attached hydrogens (tertiary/aromatic N) is 4. The van der Waals surface area contributed by atoms with E-state index in [0.29, 0.717) is 19.1 Å². The molecule has 0 aromatic carbocycles.